The quantitative estimate of drug-likeness (QED) is 0.228. The maximum atomic E-state index is 2.34. The summed E-state index contributed by atoms with van der Waals surface area (Å²) in [7, 11) is 0. The Balaban J connectivity index is 1.38. The number of thiophene rings is 1. The second-order valence-electron chi connectivity index (χ2n) is 9.44. The summed E-state index contributed by atoms with van der Waals surface area (Å²) in [6.45, 7) is 4.36. The van der Waals surface area contributed by atoms with Crippen LogP contribution < -0.4 is 4.90 Å². The number of hydrogen-bond donors (Lipinski definition) is 0. The molecule has 0 aliphatic heterocycles. The Hall–Kier alpha value is -3.88. The molecule has 0 saturated carbocycles. The van der Waals surface area contributed by atoms with Gasteiger partial charge >= 0.3 is 0 Å². The Morgan fingerprint density at radius 3 is 1.86 bits per heavy atom. The van der Waals surface area contributed by atoms with Gasteiger partial charge in [0.25, 0.3) is 0 Å². The lowest BCUT2D eigenvalue weighted by Gasteiger charge is -2.26. The monoisotopic (exact) mass is 483 g/mol. The van der Waals surface area contributed by atoms with E-state index in [0.717, 1.165) is 18.5 Å². The van der Waals surface area contributed by atoms with E-state index in [-0.39, 0.29) is 0 Å². The minimum atomic E-state index is 1.11. The predicted octanol–water partition coefficient (Wildman–Crippen LogP) is 10.5. The van der Waals surface area contributed by atoms with E-state index in [4.69, 9.17) is 0 Å². The molecule has 0 atom stereocenters. The molecule has 1 nitrogen and oxygen atoms in total. The molecular formula is C34H29NS. The van der Waals surface area contributed by atoms with Gasteiger partial charge in [0.05, 0.1) is 0 Å². The Labute approximate surface area is 217 Å². The molecular weight excluding hydrogens is 454 g/mol. The van der Waals surface area contributed by atoms with Crippen LogP contribution in [0.4, 0.5) is 17.1 Å². The van der Waals surface area contributed by atoms with Crippen molar-refractivity contribution in [3.05, 3.63) is 126 Å². The van der Waals surface area contributed by atoms with E-state index < -0.39 is 0 Å². The molecule has 0 radical (unpaired) electrons. The Morgan fingerprint density at radius 1 is 0.583 bits per heavy atom. The summed E-state index contributed by atoms with van der Waals surface area (Å²) < 4.78 is 2.69. The fourth-order valence-electron chi connectivity index (χ4n) is 4.95. The molecule has 0 spiro atoms. The fourth-order valence-corrected chi connectivity index (χ4v) is 6.04. The van der Waals surface area contributed by atoms with Gasteiger partial charge in [-0.2, -0.15) is 0 Å². The molecule has 36 heavy (non-hydrogen) atoms. The molecule has 0 aliphatic rings. The van der Waals surface area contributed by atoms with E-state index in [1.165, 1.54) is 53.8 Å². The van der Waals surface area contributed by atoms with Crippen molar-refractivity contribution in [2.75, 3.05) is 4.90 Å². The largest absolute Gasteiger partial charge is 0.311 e. The smallest absolute Gasteiger partial charge is 0.0462 e. The highest BCUT2D eigenvalue weighted by molar-refractivity contribution is 7.25. The highest BCUT2D eigenvalue weighted by Gasteiger charge is 2.13. The van der Waals surface area contributed by atoms with Crippen molar-refractivity contribution in [2.24, 2.45) is 0 Å². The SMILES string of the molecule is CCCc1ccc(N(c2ccc(C)cc2)c2ccc(-c3ccc4sc5ccccc5c4c3)cc2)cc1. The molecule has 0 saturated heterocycles. The van der Waals surface area contributed by atoms with Crippen LogP contribution in [0.3, 0.4) is 0 Å². The third-order valence-corrected chi connectivity index (χ3v) is 8.01. The van der Waals surface area contributed by atoms with E-state index in [2.05, 4.69) is 134 Å². The van der Waals surface area contributed by atoms with Gasteiger partial charge in [-0.25, -0.2) is 0 Å². The minimum Gasteiger partial charge on any atom is -0.311 e. The molecule has 1 aromatic heterocycles. The lowest BCUT2D eigenvalue weighted by Crippen LogP contribution is -2.10. The highest BCUT2D eigenvalue weighted by atomic mass is 32.1. The van der Waals surface area contributed by atoms with Gasteiger partial charge in [-0.05, 0) is 84.6 Å². The Kier molecular flexibility index (Phi) is 6.04. The van der Waals surface area contributed by atoms with Crippen molar-refractivity contribution in [3.8, 4) is 11.1 Å². The number of anilines is 3. The maximum Gasteiger partial charge on any atom is 0.0462 e. The van der Waals surface area contributed by atoms with Crippen molar-refractivity contribution in [1.82, 2.24) is 0 Å². The van der Waals surface area contributed by atoms with Gasteiger partial charge in [-0.3, -0.25) is 0 Å². The van der Waals surface area contributed by atoms with E-state index in [0.29, 0.717) is 0 Å². The zero-order valence-electron chi connectivity index (χ0n) is 20.7. The number of fused-ring (bicyclic) bond motifs is 3. The molecule has 0 fully saturated rings. The lowest BCUT2D eigenvalue weighted by atomic mass is 10.0. The lowest BCUT2D eigenvalue weighted by molar-refractivity contribution is 0.922. The Bertz CT molecular complexity index is 1620. The number of rotatable bonds is 6. The summed E-state index contributed by atoms with van der Waals surface area (Å²) in [4.78, 5) is 2.34. The molecule has 0 bridgehead atoms. The molecule has 0 unspecified atom stereocenters. The van der Waals surface area contributed by atoms with Crippen LogP contribution in [0, 0.1) is 6.92 Å². The van der Waals surface area contributed by atoms with Crippen LogP contribution in [-0.4, -0.2) is 0 Å². The summed E-state index contributed by atoms with van der Waals surface area (Å²) in [6, 6.07) is 42.3. The first-order valence-corrected chi connectivity index (χ1v) is 13.5. The second-order valence-corrected chi connectivity index (χ2v) is 10.5. The predicted molar refractivity (Wildman–Crippen MR) is 158 cm³/mol. The molecule has 2 heteroatoms. The van der Waals surface area contributed by atoms with Crippen LogP contribution in [0.15, 0.2) is 115 Å². The summed E-state index contributed by atoms with van der Waals surface area (Å²) in [5, 5.41) is 2.68. The summed E-state index contributed by atoms with van der Waals surface area (Å²) >= 11 is 1.87. The molecule has 0 aliphatic carbocycles. The number of nitrogens with zero attached hydrogens (tertiary/aromatic N) is 1. The van der Waals surface area contributed by atoms with E-state index >= 15 is 0 Å². The van der Waals surface area contributed by atoms with Crippen molar-refractivity contribution in [2.45, 2.75) is 26.7 Å². The molecule has 6 aromatic rings. The number of aryl methyl sites for hydroxylation is 2. The van der Waals surface area contributed by atoms with Gasteiger partial charge in [-0.15, -0.1) is 11.3 Å². The average Bonchev–Trinajstić information content (AvgIpc) is 3.29. The maximum absolute atomic E-state index is 2.34. The number of hydrogen-bond acceptors (Lipinski definition) is 2. The second kappa shape index (κ2) is 9.64. The van der Waals surface area contributed by atoms with Gasteiger partial charge in [-0.1, -0.05) is 79.6 Å². The molecule has 6 rings (SSSR count). The summed E-state index contributed by atoms with van der Waals surface area (Å²) in [6.07, 6.45) is 2.28. The zero-order valence-corrected chi connectivity index (χ0v) is 21.6. The van der Waals surface area contributed by atoms with Crippen LogP contribution in [0.5, 0.6) is 0 Å². The average molecular weight is 484 g/mol. The third-order valence-electron chi connectivity index (χ3n) is 6.86. The Morgan fingerprint density at radius 2 is 1.17 bits per heavy atom. The van der Waals surface area contributed by atoms with Crippen LogP contribution >= 0.6 is 11.3 Å². The molecule has 5 aromatic carbocycles. The molecule has 0 amide bonds. The standard InChI is InChI=1S/C34H29NS/c1-3-6-25-11-18-29(19-12-25)35(28-16-9-24(2)10-17-28)30-20-13-26(14-21-30)27-15-22-34-32(23-27)31-7-4-5-8-33(31)36-34/h4-5,7-23H,3,6H2,1-2H3. The van der Waals surface area contributed by atoms with Gasteiger partial charge in [0.2, 0.25) is 0 Å². The topological polar surface area (TPSA) is 3.24 Å². The van der Waals surface area contributed by atoms with Crippen LogP contribution in [0.2, 0.25) is 0 Å². The minimum absolute atomic E-state index is 1.11. The summed E-state index contributed by atoms with van der Waals surface area (Å²) in [5.41, 5.74) is 8.65. The molecule has 1 heterocycles. The molecule has 176 valence electrons. The van der Waals surface area contributed by atoms with Crippen LogP contribution in [-0.2, 0) is 6.42 Å². The summed E-state index contributed by atoms with van der Waals surface area (Å²) in [5.74, 6) is 0. The number of benzene rings is 5. The van der Waals surface area contributed by atoms with Crippen LogP contribution in [0.25, 0.3) is 31.3 Å². The van der Waals surface area contributed by atoms with Crippen LogP contribution in [0.1, 0.15) is 24.5 Å². The van der Waals surface area contributed by atoms with Gasteiger partial charge in [0, 0.05) is 37.2 Å². The van der Waals surface area contributed by atoms with Crippen molar-refractivity contribution in [1.29, 1.82) is 0 Å². The van der Waals surface area contributed by atoms with Gasteiger partial charge in [0.15, 0.2) is 0 Å². The van der Waals surface area contributed by atoms with Crippen molar-refractivity contribution >= 4 is 48.6 Å². The van der Waals surface area contributed by atoms with E-state index in [1.54, 1.807) is 0 Å². The van der Waals surface area contributed by atoms with Crippen molar-refractivity contribution in [3.63, 3.8) is 0 Å². The fraction of sp³-hybridized carbons (Fsp3) is 0.118. The van der Waals surface area contributed by atoms with Gasteiger partial charge < -0.3 is 4.90 Å². The van der Waals surface area contributed by atoms with Gasteiger partial charge in [0.1, 0.15) is 0 Å². The van der Waals surface area contributed by atoms with Crippen molar-refractivity contribution < 1.29 is 0 Å². The zero-order chi connectivity index (χ0) is 24.5. The first kappa shape index (κ1) is 22.6. The first-order valence-electron chi connectivity index (χ1n) is 12.7. The highest BCUT2D eigenvalue weighted by Crippen LogP contribution is 2.38. The first-order chi connectivity index (χ1) is 17.7. The van der Waals surface area contributed by atoms with E-state index in [1.807, 2.05) is 11.3 Å². The third kappa shape index (κ3) is 4.29. The molecule has 0 N–H and O–H groups in total. The normalized spacial score (nSPS) is 11.3. The van der Waals surface area contributed by atoms with E-state index in [9.17, 15) is 0 Å².